The molecule has 0 N–H and O–H groups in total. The third-order valence-electron chi connectivity index (χ3n) is 5.02. The second kappa shape index (κ2) is 5.17. The van der Waals surface area contributed by atoms with Crippen LogP contribution in [0.2, 0.25) is 0 Å². The third-order valence-corrected chi connectivity index (χ3v) is 5.21. The topological polar surface area (TPSA) is 26.3 Å². The lowest BCUT2D eigenvalue weighted by molar-refractivity contribution is -0.164. The summed E-state index contributed by atoms with van der Waals surface area (Å²) in [4.78, 5) is 12.1. The van der Waals surface area contributed by atoms with E-state index >= 15 is 0 Å². The van der Waals surface area contributed by atoms with Crippen LogP contribution < -0.4 is 0 Å². The molecular formula is C18H21ClO2. The van der Waals surface area contributed by atoms with E-state index in [9.17, 15) is 4.79 Å². The average Bonchev–Trinajstić information content (AvgIpc) is 2.48. The van der Waals surface area contributed by atoms with Gasteiger partial charge in [0.05, 0.1) is 12.5 Å². The second-order valence-corrected chi connectivity index (χ2v) is 6.88. The molecule has 3 aliphatic rings. The number of alkyl halides is 1. The van der Waals surface area contributed by atoms with E-state index in [1.807, 2.05) is 0 Å². The van der Waals surface area contributed by atoms with Crippen LogP contribution in [-0.4, -0.2) is 19.0 Å². The predicted molar refractivity (Wildman–Crippen MR) is 85.1 cm³/mol. The van der Waals surface area contributed by atoms with E-state index in [4.69, 9.17) is 16.3 Å². The molecule has 0 aromatic rings. The number of ether oxygens (including phenoxy) is 1. The fourth-order valence-electron chi connectivity index (χ4n) is 3.90. The SMILES string of the molecule is COC(=O)C1(CCCl)CC2(C=CC3(C=CCC=C3)C=C2)C1. The lowest BCUT2D eigenvalue weighted by atomic mass is 9.50. The first-order valence-corrected chi connectivity index (χ1v) is 8.02. The fraction of sp³-hybridized carbons (Fsp3) is 0.500. The summed E-state index contributed by atoms with van der Waals surface area (Å²) in [7, 11) is 1.46. The highest BCUT2D eigenvalue weighted by molar-refractivity contribution is 6.18. The van der Waals surface area contributed by atoms with Crippen molar-refractivity contribution in [2.45, 2.75) is 25.7 Å². The van der Waals surface area contributed by atoms with Gasteiger partial charge in [-0.2, -0.15) is 0 Å². The molecule has 0 unspecified atom stereocenters. The van der Waals surface area contributed by atoms with Gasteiger partial charge in [-0.15, -0.1) is 11.6 Å². The number of carbonyl (C=O) groups is 1. The van der Waals surface area contributed by atoms with Gasteiger partial charge in [-0.3, -0.25) is 4.79 Å². The highest BCUT2D eigenvalue weighted by atomic mass is 35.5. The van der Waals surface area contributed by atoms with E-state index in [0.29, 0.717) is 12.3 Å². The Morgan fingerprint density at radius 1 is 1.10 bits per heavy atom. The zero-order chi connectivity index (χ0) is 15.0. The maximum Gasteiger partial charge on any atom is 0.311 e. The highest BCUT2D eigenvalue weighted by Crippen LogP contribution is 2.60. The summed E-state index contributed by atoms with van der Waals surface area (Å²) < 4.78 is 4.99. The van der Waals surface area contributed by atoms with Crippen molar-refractivity contribution >= 4 is 17.6 Å². The first kappa shape index (κ1) is 14.6. The molecule has 3 rings (SSSR count). The Balaban J connectivity index is 1.76. The van der Waals surface area contributed by atoms with E-state index in [1.54, 1.807) is 0 Å². The number of carbonyl (C=O) groups excluding carboxylic acids is 1. The van der Waals surface area contributed by atoms with Crippen LogP contribution in [0, 0.1) is 16.2 Å². The minimum absolute atomic E-state index is 0.00459. The van der Waals surface area contributed by atoms with Crippen molar-refractivity contribution in [3.05, 3.63) is 48.6 Å². The number of allylic oxidation sites excluding steroid dienone is 8. The quantitative estimate of drug-likeness (QED) is 0.444. The van der Waals surface area contributed by atoms with Crippen LogP contribution in [0.5, 0.6) is 0 Å². The van der Waals surface area contributed by atoms with Crippen LogP contribution in [-0.2, 0) is 9.53 Å². The van der Waals surface area contributed by atoms with Crippen molar-refractivity contribution in [1.29, 1.82) is 0 Å². The van der Waals surface area contributed by atoms with Gasteiger partial charge in [0.15, 0.2) is 0 Å². The van der Waals surface area contributed by atoms with Gasteiger partial charge in [-0.25, -0.2) is 0 Å². The normalized spacial score (nSPS) is 26.0. The number of hydrogen-bond donors (Lipinski definition) is 0. The molecule has 2 nitrogen and oxygen atoms in total. The Hall–Kier alpha value is -1.28. The Morgan fingerprint density at radius 2 is 1.71 bits per heavy atom. The maximum atomic E-state index is 12.1. The van der Waals surface area contributed by atoms with Crippen molar-refractivity contribution in [2.75, 3.05) is 13.0 Å². The molecule has 0 saturated heterocycles. The van der Waals surface area contributed by atoms with Crippen LogP contribution in [0.4, 0.5) is 0 Å². The van der Waals surface area contributed by atoms with Gasteiger partial charge in [-0.05, 0) is 25.7 Å². The zero-order valence-corrected chi connectivity index (χ0v) is 13.1. The number of rotatable bonds is 3. The summed E-state index contributed by atoms with van der Waals surface area (Å²) >= 11 is 5.88. The van der Waals surface area contributed by atoms with Crippen molar-refractivity contribution in [3.63, 3.8) is 0 Å². The molecular weight excluding hydrogens is 284 g/mol. The van der Waals surface area contributed by atoms with E-state index < -0.39 is 5.41 Å². The monoisotopic (exact) mass is 304 g/mol. The molecule has 3 aliphatic carbocycles. The van der Waals surface area contributed by atoms with Gasteiger partial charge in [0.2, 0.25) is 0 Å². The lowest BCUT2D eigenvalue weighted by Crippen LogP contribution is -2.51. The van der Waals surface area contributed by atoms with Crippen LogP contribution in [0.15, 0.2) is 48.6 Å². The lowest BCUT2D eigenvalue weighted by Gasteiger charge is -2.53. The fourth-order valence-corrected chi connectivity index (χ4v) is 4.26. The van der Waals surface area contributed by atoms with E-state index in [1.165, 1.54) is 7.11 Å². The Kier molecular flexibility index (Phi) is 3.61. The Labute approximate surface area is 131 Å². The smallest absolute Gasteiger partial charge is 0.311 e. The molecule has 0 radical (unpaired) electrons. The van der Waals surface area contributed by atoms with Crippen molar-refractivity contribution in [1.82, 2.24) is 0 Å². The summed E-state index contributed by atoms with van der Waals surface area (Å²) in [6.07, 6.45) is 21.2. The molecule has 0 heterocycles. The number of hydrogen-bond acceptors (Lipinski definition) is 2. The summed E-state index contributed by atoms with van der Waals surface area (Å²) in [6, 6.07) is 0. The summed E-state index contributed by atoms with van der Waals surface area (Å²) in [5.41, 5.74) is -0.446. The molecule has 0 aromatic heterocycles. The largest absolute Gasteiger partial charge is 0.469 e. The van der Waals surface area contributed by atoms with E-state index in [2.05, 4.69) is 48.6 Å². The number of esters is 1. The first-order valence-electron chi connectivity index (χ1n) is 7.48. The molecule has 2 spiro atoms. The van der Waals surface area contributed by atoms with E-state index in [0.717, 1.165) is 19.3 Å². The molecule has 0 aromatic carbocycles. The van der Waals surface area contributed by atoms with Crippen LogP contribution in [0.25, 0.3) is 0 Å². The Bertz CT molecular complexity index is 518. The van der Waals surface area contributed by atoms with Crippen molar-refractivity contribution in [3.8, 4) is 0 Å². The number of halogens is 1. The third kappa shape index (κ3) is 2.40. The highest BCUT2D eigenvalue weighted by Gasteiger charge is 2.57. The minimum atomic E-state index is -0.395. The van der Waals surface area contributed by atoms with Crippen LogP contribution in [0.1, 0.15) is 25.7 Å². The molecule has 0 bridgehead atoms. The van der Waals surface area contributed by atoms with Gasteiger partial charge in [0.25, 0.3) is 0 Å². The predicted octanol–water partition coefficient (Wildman–Crippen LogP) is 4.18. The van der Waals surface area contributed by atoms with Crippen molar-refractivity contribution in [2.24, 2.45) is 16.2 Å². The molecule has 3 heteroatoms. The molecule has 1 saturated carbocycles. The summed E-state index contributed by atoms with van der Waals surface area (Å²) in [5.74, 6) is 0.377. The summed E-state index contributed by atoms with van der Waals surface area (Å²) in [6.45, 7) is 0. The van der Waals surface area contributed by atoms with E-state index in [-0.39, 0.29) is 16.8 Å². The first-order chi connectivity index (χ1) is 10.1. The van der Waals surface area contributed by atoms with Gasteiger partial charge < -0.3 is 4.74 Å². The van der Waals surface area contributed by atoms with Crippen LogP contribution in [0.3, 0.4) is 0 Å². The van der Waals surface area contributed by atoms with Gasteiger partial charge in [0.1, 0.15) is 0 Å². The van der Waals surface area contributed by atoms with Crippen molar-refractivity contribution < 1.29 is 9.53 Å². The number of methoxy groups -OCH3 is 1. The van der Waals surface area contributed by atoms with Gasteiger partial charge in [0, 0.05) is 16.7 Å². The molecule has 0 atom stereocenters. The van der Waals surface area contributed by atoms with Crippen LogP contribution >= 0.6 is 11.6 Å². The minimum Gasteiger partial charge on any atom is -0.469 e. The maximum absolute atomic E-state index is 12.1. The standard InChI is InChI=1S/C18H21ClO2/c1-21-15(20)18(11-12-19)13-17(14-18)9-7-16(8-10-17)5-3-2-4-6-16/h3-10H,2,11-14H2,1H3. The molecule has 1 fully saturated rings. The van der Waals surface area contributed by atoms with Gasteiger partial charge in [-0.1, -0.05) is 48.6 Å². The Morgan fingerprint density at radius 3 is 2.24 bits per heavy atom. The van der Waals surface area contributed by atoms with Gasteiger partial charge >= 0.3 is 5.97 Å². The molecule has 0 aliphatic heterocycles. The zero-order valence-electron chi connectivity index (χ0n) is 12.3. The average molecular weight is 305 g/mol. The molecule has 0 amide bonds. The molecule has 21 heavy (non-hydrogen) atoms. The second-order valence-electron chi connectivity index (χ2n) is 6.50. The molecule has 112 valence electrons. The summed E-state index contributed by atoms with van der Waals surface area (Å²) in [5, 5.41) is 0.